The van der Waals surface area contributed by atoms with E-state index in [2.05, 4.69) is 0 Å². The van der Waals surface area contributed by atoms with Gasteiger partial charge in [-0.1, -0.05) is 35.9 Å². The number of nitrogens with zero attached hydrogens (tertiary/aromatic N) is 2. The van der Waals surface area contributed by atoms with Crippen LogP contribution in [0.25, 0.3) is 6.08 Å². The van der Waals surface area contributed by atoms with Crippen molar-refractivity contribution in [3.05, 3.63) is 104 Å². The van der Waals surface area contributed by atoms with Crippen LogP contribution in [0.3, 0.4) is 0 Å². The number of halogens is 1. The van der Waals surface area contributed by atoms with Gasteiger partial charge < -0.3 is 9.47 Å². The predicted octanol–water partition coefficient (Wildman–Crippen LogP) is 5.94. The molecule has 0 radical (unpaired) electrons. The Hall–Kier alpha value is -3.82. The molecule has 8 nitrogen and oxygen atoms in total. The lowest BCUT2D eigenvalue weighted by atomic mass is 10.2. The molecule has 1 saturated heterocycles. The number of para-hydroxylation sites is 1. The Morgan fingerprint density at radius 2 is 1.77 bits per heavy atom. The zero-order valence-corrected chi connectivity index (χ0v) is 19.8. The van der Waals surface area contributed by atoms with Crippen molar-refractivity contribution >= 4 is 46.3 Å². The average molecular weight is 511 g/mol. The number of non-ortho nitro benzene ring substituents is 1. The zero-order valence-electron chi connectivity index (χ0n) is 18.3. The Kier molecular flexibility index (Phi) is 7.69. The fraction of sp³-hybridized carbons (Fsp3) is 0.120. The second-order valence-corrected chi connectivity index (χ2v) is 8.80. The summed E-state index contributed by atoms with van der Waals surface area (Å²) in [6.45, 7) is 0.454. The predicted molar refractivity (Wildman–Crippen MR) is 133 cm³/mol. The first kappa shape index (κ1) is 24.3. The van der Waals surface area contributed by atoms with Gasteiger partial charge in [0.2, 0.25) is 0 Å². The van der Waals surface area contributed by atoms with Crippen molar-refractivity contribution in [3.63, 3.8) is 0 Å². The summed E-state index contributed by atoms with van der Waals surface area (Å²) in [5, 5.41) is 10.9. The molecule has 1 aliphatic rings. The molecule has 2 amide bonds. The van der Waals surface area contributed by atoms with Crippen molar-refractivity contribution in [3.8, 4) is 11.5 Å². The number of nitro groups is 1. The number of hydrogen-bond donors (Lipinski definition) is 0. The maximum absolute atomic E-state index is 12.8. The molecule has 0 spiro atoms. The van der Waals surface area contributed by atoms with Crippen molar-refractivity contribution in [2.24, 2.45) is 0 Å². The Morgan fingerprint density at radius 1 is 1.00 bits per heavy atom. The maximum atomic E-state index is 12.8. The molecule has 0 N–H and O–H groups in total. The van der Waals surface area contributed by atoms with Crippen molar-refractivity contribution in [2.75, 3.05) is 13.2 Å². The highest BCUT2D eigenvalue weighted by Crippen LogP contribution is 2.33. The maximum Gasteiger partial charge on any atom is 0.293 e. The number of carbonyl (C=O) groups excluding carboxylic acids is 2. The minimum atomic E-state index is -0.457. The second-order valence-electron chi connectivity index (χ2n) is 7.40. The van der Waals surface area contributed by atoms with Gasteiger partial charge in [-0.2, -0.15) is 0 Å². The fourth-order valence-electron chi connectivity index (χ4n) is 3.23. The highest BCUT2D eigenvalue weighted by Gasteiger charge is 2.34. The van der Waals surface area contributed by atoms with E-state index in [1.165, 1.54) is 12.1 Å². The minimum absolute atomic E-state index is 0.0140. The van der Waals surface area contributed by atoms with Gasteiger partial charge in [-0.25, -0.2) is 0 Å². The molecule has 178 valence electrons. The topological polar surface area (TPSA) is 99.0 Å². The first-order chi connectivity index (χ1) is 16.9. The quantitative estimate of drug-likeness (QED) is 0.199. The minimum Gasteiger partial charge on any atom is -0.490 e. The lowest BCUT2D eigenvalue weighted by molar-refractivity contribution is -0.384. The number of imide groups is 1. The summed E-state index contributed by atoms with van der Waals surface area (Å²) in [6, 6.07) is 20.2. The van der Waals surface area contributed by atoms with Crippen LogP contribution in [0.4, 0.5) is 10.5 Å². The summed E-state index contributed by atoms with van der Waals surface area (Å²) < 4.78 is 11.4. The normalized spacial score (nSPS) is 14.4. The Bertz CT molecular complexity index is 1300. The lowest BCUT2D eigenvalue weighted by Crippen LogP contribution is -2.32. The van der Waals surface area contributed by atoms with Crippen molar-refractivity contribution < 1.29 is 24.0 Å². The molecule has 4 rings (SSSR count). The molecule has 10 heteroatoms. The summed E-state index contributed by atoms with van der Waals surface area (Å²) in [4.78, 5) is 36.9. The monoisotopic (exact) mass is 510 g/mol. The highest BCUT2D eigenvalue weighted by atomic mass is 35.5. The molecule has 1 aliphatic heterocycles. The molecular formula is C25H19ClN2O6S. The molecule has 0 bridgehead atoms. The molecule has 0 aromatic heterocycles. The van der Waals surface area contributed by atoms with Gasteiger partial charge in [0.25, 0.3) is 16.8 Å². The number of hydrogen-bond acceptors (Lipinski definition) is 7. The van der Waals surface area contributed by atoms with E-state index in [0.717, 1.165) is 22.2 Å². The number of nitro benzene ring substituents is 1. The van der Waals surface area contributed by atoms with E-state index >= 15 is 0 Å². The van der Waals surface area contributed by atoms with Crippen LogP contribution in [0, 0.1) is 10.1 Å². The number of rotatable bonds is 9. The van der Waals surface area contributed by atoms with E-state index in [9.17, 15) is 19.7 Å². The summed E-state index contributed by atoms with van der Waals surface area (Å²) in [5.41, 5.74) is 1.49. The molecule has 0 atom stereocenters. The van der Waals surface area contributed by atoms with E-state index in [-0.39, 0.29) is 36.6 Å². The van der Waals surface area contributed by atoms with E-state index in [0.29, 0.717) is 27.0 Å². The summed E-state index contributed by atoms with van der Waals surface area (Å²) in [7, 11) is 0. The third kappa shape index (κ3) is 6.20. The third-order valence-electron chi connectivity index (χ3n) is 4.99. The van der Waals surface area contributed by atoms with Gasteiger partial charge in [-0.05, 0) is 65.4 Å². The van der Waals surface area contributed by atoms with Crippen LogP contribution in [0.5, 0.6) is 11.5 Å². The van der Waals surface area contributed by atoms with Crippen LogP contribution in [-0.2, 0) is 11.4 Å². The first-order valence-electron chi connectivity index (χ1n) is 10.5. The van der Waals surface area contributed by atoms with Crippen LogP contribution < -0.4 is 9.47 Å². The smallest absolute Gasteiger partial charge is 0.293 e. The van der Waals surface area contributed by atoms with Crippen LogP contribution >= 0.6 is 23.4 Å². The van der Waals surface area contributed by atoms with Crippen LogP contribution in [0.1, 0.15) is 11.1 Å². The lowest BCUT2D eigenvalue weighted by Gasteiger charge is -2.13. The Labute approximate surface area is 210 Å². The summed E-state index contributed by atoms with van der Waals surface area (Å²) >= 11 is 6.92. The Balaban J connectivity index is 1.36. The molecule has 3 aromatic carbocycles. The highest BCUT2D eigenvalue weighted by molar-refractivity contribution is 8.18. The zero-order chi connectivity index (χ0) is 24.8. The van der Waals surface area contributed by atoms with Gasteiger partial charge in [-0.3, -0.25) is 24.6 Å². The molecule has 3 aromatic rings. The number of thioether (sulfide) groups is 1. The molecular weight excluding hydrogens is 492 g/mol. The molecule has 0 saturated carbocycles. The first-order valence-corrected chi connectivity index (χ1v) is 11.7. The molecule has 0 unspecified atom stereocenters. The van der Waals surface area contributed by atoms with Crippen molar-refractivity contribution in [2.45, 2.75) is 6.61 Å². The third-order valence-corrected chi connectivity index (χ3v) is 6.21. The molecule has 0 aliphatic carbocycles. The molecule has 1 heterocycles. The van der Waals surface area contributed by atoms with Crippen LogP contribution in [0.2, 0.25) is 5.02 Å². The van der Waals surface area contributed by atoms with E-state index in [1.807, 2.05) is 0 Å². The van der Waals surface area contributed by atoms with Gasteiger partial charge in [0.05, 0.1) is 21.4 Å². The summed E-state index contributed by atoms with van der Waals surface area (Å²) in [5.74, 6) is 0.659. The average Bonchev–Trinajstić information content (AvgIpc) is 3.11. The largest absolute Gasteiger partial charge is 0.490 e. The fourth-order valence-corrected chi connectivity index (χ4v) is 4.28. The van der Waals surface area contributed by atoms with E-state index < -0.39 is 4.92 Å². The molecule has 1 fully saturated rings. The number of ether oxygens (including phenoxy) is 2. The standard InChI is InChI=1S/C25H19ClN2O6S/c26-21-6-1-2-7-22(21)33-13-12-27-24(29)23(35-25(27)30)15-18-4-3-5-20(14-18)34-16-17-8-10-19(11-9-17)28(31)32/h1-11,14-15H,12-13,16H2/b23-15-. The van der Waals surface area contributed by atoms with Gasteiger partial charge in [-0.15, -0.1) is 0 Å². The van der Waals surface area contributed by atoms with Gasteiger partial charge in [0, 0.05) is 12.1 Å². The second kappa shape index (κ2) is 11.1. The van der Waals surface area contributed by atoms with Crippen LogP contribution in [0.15, 0.2) is 77.7 Å². The SMILES string of the molecule is O=C1S/C(=C\c2cccc(OCc3ccc([N+](=O)[O-])cc3)c2)C(=O)N1CCOc1ccccc1Cl. The van der Waals surface area contributed by atoms with Gasteiger partial charge >= 0.3 is 0 Å². The van der Waals surface area contributed by atoms with E-state index in [1.54, 1.807) is 66.7 Å². The van der Waals surface area contributed by atoms with Crippen molar-refractivity contribution in [1.29, 1.82) is 0 Å². The number of amides is 2. The van der Waals surface area contributed by atoms with Crippen LogP contribution in [-0.4, -0.2) is 34.1 Å². The molecule has 35 heavy (non-hydrogen) atoms. The number of carbonyl (C=O) groups is 2. The van der Waals surface area contributed by atoms with Gasteiger partial charge in [0.1, 0.15) is 24.7 Å². The van der Waals surface area contributed by atoms with Gasteiger partial charge in [0.15, 0.2) is 0 Å². The summed E-state index contributed by atoms with van der Waals surface area (Å²) in [6.07, 6.45) is 1.64. The van der Waals surface area contributed by atoms with E-state index in [4.69, 9.17) is 21.1 Å². The number of benzene rings is 3. The van der Waals surface area contributed by atoms with Crippen molar-refractivity contribution in [1.82, 2.24) is 4.90 Å². The Morgan fingerprint density at radius 3 is 2.51 bits per heavy atom.